The van der Waals surface area contributed by atoms with Crippen molar-refractivity contribution in [3.05, 3.63) is 0 Å². The van der Waals surface area contributed by atoms with E-state index in [2.05, 4.69) is 16.9 Å². The first kappa shape index (κ1) is 18.1. The second-order valence-electron chi connectivity index (χ2n) is 6.87. The van der Waals surface area contributed by atoms with Crippen molar-refractivity contribution in [3.63, 3.8) is 0 Å². The molecule has 2 unspecified atom stereocenters. The SMILES string of the molecule is CSC1CCCC(NC(=O)NC(C)(C)C(C)(C)C(=O)O)C1. The third-order valence-electron chi connectivity index (χ3n) is 4.82. The fraction of sp³-hybridized carbons (Fsp3) is 0.867. The van der Waals surface area contributed by atoms with Crippen molar-refractivity contribution < 1.29 is 14.7 Å². The molecule has 0 bridgehead atoms. The molecule has 0 aromatic carbocycles. The minimum atomic E-state index is -1.04. The van der Waals surface area contributed by atoms with Gasteiger partial charge in [-0.1, -0.05) is 6.42 Å². The van der Waals surface area contributed by atoms with Crippen molar-refractivity contribution in [2.45, 2.75) is 70.2 Å². The number of urea groups is 1. The molecule has 21 heavy (non-hydrogen) atoms. The van der Waals surface area contributed by atoms with E-state index in [1.807, 2.05) is 11.8 Å². The fourth-order valence-electron chi connectivity index (χ4n) is 2.42. The first-order valence-corrected chi connectivity index (χ1v) is 8.74. The van der Waals surface area contributed by atoms with E-state index in [0.717, 1.165) is 19.3 Å². The van der Waals surface area contributed by atoms with Crippen LogP contribution in [-0.2, 0) is 4.79 Å². The topological polar surface area (TPSA) is 78.4 Å². The molecular formula is C15H28N2O3S. The molecule has 0 aromatic rings. The van der Waals surface area contributed by atoms with Crippen molar-refractivity contribution in [1.29, 1.82) is 0 Å². The number of hydrogen-bond acceptors (Lipinski definition) is 3. The van der Waals surface area contributed by atoms with Crippen LogP contribution in [0.2, 0.25) is 0 Å². The number of rotatable bonds is 5. The van der Waals surface area contributed by atoms with Gasteiger partial charge in [0, 0.05) is 11.3 Å². The Labute approximate surface area is 131 Å². The normalized spacial score (nSPS) is 23.5. The van der Waals surface area contributed by atoms with Gasteiger partial charge in [-0.15, -0.1) is 0 Å². The van der Waals surface area contributed by atoms with Crippen LogP contribution in [0, 0.1) is 5.41 Å². The number of carbonyl (C=O) groups is 2. The van der Waals surface area contributed by atoms with Gasteiger partial charge in [0.1, 0.15) is 0 Å². The monoisotopic (exact) mass is 316 g/mol. The van der Waals surface area contributed by atoms with Crippen LogP contribution in [0.5, 0.6) is 0 Å². The van der Waals surface area contributed by atoms with Crippen LogP contribution in [0.4, 0.5) is 4.79 Å². The van der Waals surface area contributed by atoms with Gasteiger partial charge in [-0.05, 0) is 53.2 Å². The minimum absolute atomic E-state index is 0.181. The lowest BCUT2D eigenvalue weighted by Gasteiger charge is -2.39. The van der Waals surface area contributed by atoms with Crippen molar-refractivity contribution in [2.75, 3.05) is 6.26 Å². The van der Waals surface area contributed by atoms with Gasteiger partial charge in [0.25, 0.3) is 0 Å². The number of hydrogen-bond donors (Lipinski definition) is 3. The molecular weight excluding hydrogens is 288 g/mol. The van der Waals surface area contributed by atoms with E-state index in [1.54, 1.807) is 27.7 Å². The molecule has 1 rings (SSSR count). The molecule has 1 saturated carbocycles. The summed E-state index contributed by atoms with van der Waals surface area (Å²) in [4.78, 5) is 23.5. The molecule has 0 aromatic heterocycles. The molecule has 6 heteroatoms. The molecule has 0 aliphatic heterocycles. The zero-order chi connectivity index (χ0) is 16.3. The number of thioether (sulfide) groups is 1. The number of carbonyl (C=O) groups excluding carboxylic acids is 1. The van der Waals surface area contributed by atoms with Crippen LogP contribution in [0.25, 0.3) is 0 Å². The molecule has 0 spiro atoms. The van der Waals surface area contributed by atoms with Gasteiger partial charge in [0.15, 0.2) is 0 Å². The average Bonchev–Trinajstić information content (AvgIpc) is 2.37. The van der Waals surface area contributed by atoms with E-state index in [-0.39, 0.29) is 12.1 Å². The van der Waals surface area contributed by atoms with Crippen LogP contribution >= 0.6 is 11.8 Å². The minimum Gasteiger partial charge on any atom is -0.481 e. The Morgan fingerprint density at radius 3 is 2.33 bits per heavy atom. The Bertz CT molecular complexity index is 396. The second kappa shape index (κ2) is 6.90. The highest BCUT2D eigenvalue weighted by atomic mass is 32.2. The molecule has 3 N–H and O–H groups in total. The third-order valence-corrected chi connectivity index (χ3v) is 5.91. The smallest absolute Gasteiger partial charge is 0.315 e. The predicted octanol–water partition coefficient (Wildman–Crippen LogP) is 2.85. The summed E-state index contributed by atoms with van der Waals surface area (Å²) in [5.41, 5.74) is -1.88. The quantitative estimate of drug-likeness (QED) is 0.729. The van der Waals surface area contributed by atoms with Gasteiger partial charge >= 0.3 is 12.0 Å². The van der Waals surface area contributed by atoms with Gasteiger partial charge in [0.2, 0.25) is 0 Å². The molecule has 0 saturated heterocycles. The van der Waals surface area contributed by atoms with E-state index in [0.29, 0.717) is 5.25 Å². The summed E-state index contributed by atoms with van der Waals surface area (Å²) in [6.45, 7) is 6.73. The molecule has 0 radical (unpaired) electrons. The summed E-state index contributed by atoms with van der Waals surface area (Å²) in [5, 5.41) is 15.7. The van der Waals surface area contributed by atoms with Crippen molar-refractivity contribution in [3.8, 4) is 0 Å². The lowest BCUT2D eigenvalue weighted by atomic mass is 9.74. The van der Waals surface area contributed by atoms with Crippen LogP contribution in [0.1, 0.15) is 53.4 Å². The summed E-state index contributed by atoms with van der Waals surface area (Å²) < 4.78 is 0. The maximum absolute atomic E-state index is 12.2. The molecule has 2 amide bonds. The van der Waals surface area contributed by atoms with Crippen molar-refractivity contribution in [2.24, 2.45) is 5.41 Å². The second-order valence-corrected chi connectivity index (χ2v) is 8.01. The summed E-state index contributed by atoms with van der Waals surface area (Å²) in [6, 6.07) is -0.0963. The predicted molar refractivity (Wildman–Crippen MR) is 86.7 cm³/mol. The van der Waals surface area contributed by atoms with Gasteiger partial charge in [0.05, 0.1) is 11.0 Å². The highest BCUT2D eigenvalue weighted by molar-refractivity contribution is 7.99. The van der Waals surface area contributed by atoms with E-state index in [9.17, 15) is 14.7 Å². The van der Waals surface area contributed by atoms with Crippen LogP contribution in [0.15, 0.2) is 0 Å². The third kappa shape index (κ3) is 4.53. The van der Waals surface area contributed by atoms with Crippen LogP contribution < -0.4 is 10.6 Å². The van der Waals surface area contributed by atoms with Gasteiger partial charge in [-0.2, -0.15) is 11.8 Å². The van der Waals surface area contributed by atoms with Gasteiger partial charge in [-0.3, -0.25) is 4.79 Å². The standard InChI is InChI=1S/C15H28N2O3S/c1-14(2,12(18)19)15(3,4)17-13(20)16-10-7-6-8-11(9-10)21-5/h10-11H,6-9H2,1-5H3,(H,18,19)(H2,16,17,20). The Kier molecular flexibility index (Phi) is 5.96. The summed E-state index contributed by atoms with van der Waals surface area (Å²) in [6.07, 6.45) is 6.41. The van der Waals surface area contributed by atoms with Gasteiger partial charge in [-0.25, -0.2) is 4.79 Å². The largest absolute Gasteiger partial charge is 0.481 e. The maximum atomic E-state index is 12.2. The molecule has 5 nitrogen and oxygen atoms in total. The Balaban J connectivity index is 2.58. The number of amides is 2. The number of carboxylic acid groups (broad SMARTS) is 1. The Hall–Kier alpha value is -0.910. The maximum Gasteiger partial charge on any atom is 0.315 e. The Morgan fingerprint density at radius 2 is 1.81 bits per heavy atom. The van der Waals surface area contributed by atoms with Crippen molar-refractivity contribution >= 4 is 23.8 Å². The first-order valence-electron chi connectivity index (χ1n) is 7.45. The zero-order valence-corrected chi connectivity index (χ0v) is 14.5. The van der Waals surface area contributed by atoms with Crippen molar-refractivity contribution in [1.82, 2.24) is 10.6 Å². The van der Waals surface area contributed by atoms with Crippen LogP contribution in [0.3, 0.4) is 0 Å². The fourth-order valence-corrected chi connectivity index (χ4v) is 3.25. The molecule has 1 aliphatic rings. The Morgan fingerprint density at radius 1 is 1.19 bits per heavy atom. The van der Waals surface area contributed by atoms with Crippen LogP contribution in [-0.4, -0.2) is 40.2 Å². The molecule has 0 heterocycles. The first-order chi connectivity index (χ1) is 9.60. The summed E-state index contributed by atoms with van der Waals surface area (Å²) in [5.74, 6) is -0.923. The van der Waals surface area contributed by atoms with E-state index < -0.39 is 16.9 Å². The average molecular weight is 316 g/mol. The zero-order valence-electron chi connectivity index (χ0n) is 13.7. The van der Waals surface area contributed by atoms with E-state index in [1.165, 1.54) is 6.42 Å². The van der Waals surface area contributed by atoms with E-state index >= 15 is 0 Å². The molecule has 2 atom stereocenters. The highest BCUT2D eigenvalue weighted by Crippen LogP contribution is 2.31. The molecule has 1 aliphatic carbocycles. The highest BCUT2D eigenvalue weighted by Gasteiger charge is 2.44. The van der Waals surface area contributed by atoms with Gasteiger partial charge < -0.3 is 15.7 Å². The number of nitrogens with one attached hydrogen (secondary N) is 2. The number of aliphatic carboxylic acids is 1. The van der Waals surface area contributed by atoms with E-state index in [4.69, 9.17) is 0 Å². The molecule has 1 fully saturated rings. The number of carboxylic acids is 1. The summed E-state index contributed by atoms with van der Waals surface area (Å²) >= 11 is 1.85. The lowest BCUT2D eigenvalue weighted by molar-refractivity contribution is -0.150. The lowest BCUT2D eigenvalue weighted by Crippen LogP contribution is -2.60. The summed E-state index contributed by atoms with van der Waals surface area (Å²) in [7, 11) is 0. The molecule has 122 valence electrons.